The minimum absolute atomic E-state index is 0.00628. The summed E-state index contributed by atoms with van der Waals surface area (Å²) in [6, 6.07) is 5.30. The maximum atomic E-state index is 12.7. The fraction of sp³-hybridized carbons (Fsp3) is 0.438. The monoisotopic (exact) mass is 315 g/mol. The van der Waals surface area contributed by atoms with Gasteiger partial charge in [-0.2, -0.15) is 4.98 Å². The molecule has 1 unspecified atom stereocenters. The molecule has 2 aliphatic rings. The molecule has 0 saturated carbocycles. The smallest absolute Gasteiger partial charge is 0.254 e. The molecule has 0 spiro atoms. The fourth-order valence-corrected chi connectivity index (χ4v) is 3.07. The van der Waals surface area contributed by atoms with E-state index in [-0.39, 0.29) is 18.6 Å². The maximum Gasteiger partial charge on any atom is 0.254 e. The number of hydrogen-bond acceptors (Lipinski definition) is 6. The number of amides is 1. The molecule has 2 aromatic rings. The predicted molar refractivity (Wildman–Crippen MR) is 79.5 cm³/mol. The largest absolute Gasteiger partial charge is 0.454 e. The second kappa shape index (κ2) is 5.57. The van der Waals surface area contributed by atoms with Crippen LogP contribution in [0.1, 0.15) is 40.8 Å². The van der Waals surface area contributed by atoms with Crippen molar-refractivity contribution in [2.45, 2.75) is 25.7 Å². The first-order valence-corrected chi connectivity index (χ1v) is 7.70. The Morgan fingerprint density at radius 3 is 3.00 bits per heavy atom. The molecule has 2 aliphatic heterocycles. The second-order valence-corrected chi connectivity index (χ2v) is 5.83. The summed E-state index contributed by atoms with van der Waals surface area (Å²) in [5.41, 5.74) is 0.610. The molecule has 0 N–H and O–H groups in total. The summed E-state index contributed by atoms with van der Waals surface area (Å²) in [5, 5.41) is 3.99. The standard InChI is InChI=1S/C16H17N3O4/c1-10-17-15(18-23-10)12-3-2-6-19(8-12)16(20)11-4-5-13-14(7-11)22-9-21-13/h4-5,7,12H,2-3,6,8-9H2,1H3. The number of fused-ring (bicyclic) bond motifs is 1. The van der Waals surface area contributed by atoms with E-state index >= 15 is 0 Å². The first kappa shape index (κ1) is 14.0. The van der Waals surface area contributed by atoms with E-state index in [4.69, 9.17) is 14.0 Å². The van der Waals surface area contributed by atoms with Crippen LogP contribution in [0.5, 0.6) is 11.5 Å². The van der Waals surface area contributed by atoms with Crippen molar-refractivity contribution in [3.63, 3.8) is 0 Å². The van der Waals surface area contributed by atoms with Crippen molar-refractivity contribution in [1.82, 2.24) is 15.0 Å². The molecule has 1 aromatic carbocycles. The Bertz CT molecular complexity index is 743. The Morgan fingerprint density at radius 1 is 1.30 bits per heavy atom. The summed E-state index contributed by atoms with van der Waals surface area (Å²) in [6.07, 6.45) is 1.89. The van der Waals surface area contributed by atoms with E-state index < -0.39 is 0 Å². The summed E-state index contributed by atoms with van der Waals surface area (Å²) < 4.78 is 15.7. The Morgan fingerprint density at radius 2 is 2.17 bits per heavy atom. The summed E-state index contributed by atoms with van der Waals surface area (Å²) in [4.78, 5) is 18.9. The van der Waals surface area contributed by atoms with Crippen molar-refractivity contribution in [1.29, 1.82) is 0 Å². The van der Waals surface area contributed by atoms with E-state index in [2.05, 4.69) is 10.1 Å². The number of hydrogen-bond donors (Lipinski definition) is 0. The fourth-order valence-electron chi connectivity index (χ4n) is 3.07. The van der Waals surface area contributed by atoms with Crippen LogP contribution < -0.4 is 9.47 Å². The summed E-state index contributed by atoms with van der Waals surface area (Å²) in [6.45, 7) is 3.32. The highest BCUT2D eigenvalue weighted by Gasteiger charge is 2.29. The van der Waals surface area contributed by atoms with Gasteiger partial charge in [0.25, 0.3) is 5.91 Å². The zero-order valence-corrected chi connectivity index (χ0v) is 12.8. The lowest BCUT2D eigenvalue weighted by Crippen LogP contribution is -2.39. The second-order valence-electron chi connectivity index (χ2n) is 5.83. The van der Waals surface area contributed by atoms with Crippen molar-refractivity contribution >= 4 is 5.91 Å². The van der Waals surface area contributed by atoms with Crippen molar-refractivity contribution in [2.24, 2.45) is 0 Å². The lowest BCUT2D eigenvalue weighted by atomic mass is 9.96. The molecule has 7 heteroatoms. The highest BCUT2D eigenvalue weighted by Crippen LogP contribution is 2.33. The lowest BCUT2D eigenvalue weighted by Gasteiger charge is -2.31. The van der Waals surface area contributed by atoms with E-state index in [9.17, 15) is 4.79 Å². The van der Waals surface area contributed by atoms with Gasteiger partial charge in [0.15, 0.2) is 17.3 Å². The number of carbonyl (C=O) groups excluding carboxylic acids is 1. The Kier molecular flexibility index (Phi) is 3.40. The molecule has 1 fully saturated rings. The number of benzene rings is 1. The highest BCUT2D eigenvalue weighted by atomic mass is 16.7. The van der Waals surface area contributed by atoms with Crippen molar-refractivity contribution in [3.05, 3.63) is 35.5 Å². The van der Waals surface area contributed by atoms with Gasteiger partial charge in [0.1, 0.15) is 0 Å². The first-order chi connectivity index (χ1) is 11.2. The van der Waals surface area contributed by atoms with Gasteiger partial charge < -0.3 is 18.9 Å². The van der Waals surface area contributed by atoms with Crippen LogP contribution in [0.2, 0.25) is 0 Å². The maximum absolute atomic E-state index is 12.7. The van der Waals surface area contributed by atoms with E-state index in [0.29, 0.717) is 35.3 Å². The molecule has 0 bridgehead atoms. The molecule has 0 aliphatic carbocycles. The molecule has 4 rings (SSSR count). The van der Waals surface area contributed by atoms with Gasteiger partial charge in [0.05, 0.1) is 0 Å². The molecule has 1 aromatic heterocycles. The molecule has 7 nitrogen and oxygen atoms in total. The Labute approximate surface area is 133 Å². The average Bonchev–Trinajstić information content (AvgIpc) is 3.22. The highest BCUT2D eigenvalue weighted by molar-refractivity contribution is 5.95. The molecule has 1 saturated heterocycles. The molecule has 23 heavy (non-hydrogen) atoms. The van der Waals surface area contributed by atoms with Crippen LogP contribution in [-0.4, -0.2) is 40.8 Å². The number of likely N-dealkylation sites (tertiary alicyclic amines) is 1. The number of rotatable bonds is 2. The molecule has 0 radical (unpaired) electrons. The van der Waals surface area contributed by atoms with E-state index in [1.807, 2.05) is 4.90 Å². The van der Waals surface area contributed by atoms with Gasteiger partial charge in [-0.15, -0.1) is 0 Å². The van der Waals surface area contributed by atoms with Crippen LogP contribution in [0, 0.1) is 6.92 Å². The quantitative estimate of drug-likeness (QED) is 0.845. The molecule has 1 amide bonds. The predicted octanol–water partition coefficient (Wildman–Crippen LogP) is 2.13. The van der Waals surface area contributed by atoms with Crippen LogP contribution in [0.3, 0.4) is 0 Å². The SMILES string of the molecule is Cc1nc(C2CCCN(C(=O)c3ccc4c(c3)OCO4)C2)no1. The van der Waals surface area contributed by atoms with Gasteiger partial charge in [-0.3, -0.25) is 4.79 Å². The molecular formula is C16H17N3O4. The van der Waals surface area contributed by atoms with E-state index in [1.165, 1.54) is 0 Å². The van der Waals surface area contributed by atoms with Crippen LogP contribution >= 0.6 is 0 Å². The van der Waals surface area contributed by atoms with Gasteiger partial charge in [-0.1, -0.05) is 5.16 Å². The van der Waals surface area contributed by atoms with E-state index in [0.717, 1.165) is 19.4 Å². The number of carbonyl (C=O) groups is 1. The van der Waals surface area contributed by atoms with Crippen LogP contribution in [-0.2, 0) is 0 Å². The number of aromatic nitrogens is 2. The third kappa shape index (κ3) is 2.62. The molecule has 120 valence electrons. The average molecular weight is 315 g/mol. The lowest BCUT2D eigenvalue weighted by molar-refractivity contribution is 0.0703. The number of ether oxygens (including phenoxy) is 2. The number of nitrogens with zero attached hydrogens (tertiary/aromatic N) is 3. The number of piperidine rings is 1. The van der Waals surface area contributed by atoms with Crippen LogP contribution in [0.25, 0.3) is 0 Å². The third-order valence-electron chi connectivity index (χ3n) is 4.24. The van der Waals surface area contributed by atoms with Crippen LogP contribution in [0.15, 0.2) is 22.7 Å². The van der Waals surface area contributed by atoms with Gasteiger partial charge in [0, 0.05) is 31.5 Å². The molecule has 3 heterocycles. The summed E-state index contributed by atoms with van der Waals surface area (Å²) in [7, 11) is 0. The Hall–Kier alpha value is -2.57. The van der Waals surface area contributed by atoms with Gasteiger partial charge >= 0.3 is 0 Å². The van der Waals surface area contributed by atoms with Crippen LogP contribution in [0.4, 0.5) is 0 Å². The summed E-state index contributed by atoms with van der Waals surface area (Å²) in [5.74, 6) is 2.66. The zero-order chi connectivity index (χ0) is 15.8. The third-order valence-corrected chi connectivity index (χ3v) is 4.24. The van der Waals surface area contributed by atoms with Gasteiger partial charge in [0.2, 0.25) is 12.7 Å². The van der Waals surface area contributed by atoms with Gasteiger partial charge in [-0.05, 0) is 31.0 Å². The normalized spacial score (nSPS) is 19.9. The van der Waals surface area contributed by atoms with Crippen molar-refractivity contribution in [3.8, 4) is 11.5 Å². The molecule has 1 atom stereocenters. The topological polar surface area (TPSA) is 77.7 Å². The minimum Gasteiger partial charge on any atom is -0.454 e. The van der Waals surface area contributed by atoms with E-state index in [1.54, 1.807) is 25.1 Å². The number of aryl methyl sites for hydroxylation is 1. The van der Waals surface area contributed by atoms with Gasteiger partial charge in [-0.25, -0.2) is 0 Å². The zero-order valence-electron chi connectivity index (χ0n) is 12.8. The molecular weight excluding hydrogens is 298 g/mol. The minimum atomic E-state index is -0.00628. The summed E-state index contributed by atoms with van der Waals surface area (Å²) >= 11 is 0. The Balaban J connectivity index is 1.51. The first-order valence-electron chi connectivity index (χ1n) is 7.70. The van der Waals surface area contributed by atoms with Crippen molar-refractivity contribution in [2.75, 3.05) is 19.9 Å². The van der Waals surface area contributed by atoms with Crippen molar-refractivity contribution < 1.29 is 18.8 Å².